The predicted octanol–water partition coefficient (Wildman–Crippen LogP) is 6.70. The largest absolute Gasteiger partial charge is 0.490 e. The summed E-state index contributed by atoms with van der Waals surface area (Å²) in [5.41, 5.74) is -0.333. The number of fused-ring (bicyclic) bond motifs is 1. The summed E-state index contributed by atoms with van der Waals surface area (Å²) in [4.78, 5) is 25.0. The van der Waals surface area contributed by atoms with Gasteiger partial charge in [-0.3, -0.25) is 4.79 Å². The Hall–Kier alpha value is -1.39. The minimum Gasteiger partial charge on any atom is -0.490 e. The van der Waals surface area contributed by atoms with Crippen molar-refractivity contribution in [3.63, 3.8) is 0 Å². The molecule has 0 fully saturated rings. The summed E-state index contributed by atoms with van der Waals surface area (Å²) in [6.45, 7) is 21.6. The Morgan fingerprint density at radius 3 is 2.18 bits per heavy atom. The summed E-state index contributed by atoms with van der Waals surface area (Å²) in [6.07, 6.45) is 1.44. The minimum absolute atomic E-state index is 0.0326. The quantitative estimate of drug-likeness (QED) is 0.288. The van der Waals surface area contributed by atoms with E-state index >= 15 is 0 Å². The first-order valence-electron chi connectivity index (χ1n) is 11.3. The molecular weight excluding hydrogens is 549 g/mol. The molecule has 1 aromatic heterocycles. The van der Waals surface area contributed by atoms with Crippen molar-refractivity contribution in [1.82, 2.24) is 4.57 Å². The van der Waals surface area contributed by atoms with Gasteiger partial charge in [0.05, 0.1) is 27.8 Å². The molecule has 0 spiro atoms. The number of benzene rings is 1. The van der Waals surface area contributed by atoms with Crippen molar-refractivity contribution >= 4 is 47.8 Å². The molecule has 1 aromatic carbocycles. The Morgan fingerprint density at radius 1 is 1.15 bits per heavy atom. The van der Waals surface area contributed by atoms with Crippen LogP contribution in [0.25, 0.3) is 10.9 Å². The summed E-state index contributed by atoms with van der Waals surface area (Å²) in [6, 6.07) is 3.39. The van der Waals surface area contributed by atoms with Crippen LogP contribution in [0.2, 0.25) is 18.1 Å². The maximum Gasteiger partial charge on any atom is 0.341 e. The molecule has 33 heavy (non-hydrogen) atoms. The Morgan fingerprint density at radius 2 is 1.73 bits per heavy atom. The van der Waals surface area contributed by atoms with Gasteiger partial charge in [-0.25, -0.2) is 4.79 Å². The predicted molar refractivity (Wildman–Crippen MR) is 145 cm³/mol. The van der Waals surface area contributed by atoms with E-state index in [1.165, 1.54) is 6.20 Å². The second-order valence-electron chi connectivity index (χ2n) is 11.5. The van der Waals surface area contributed by atoms with Gasteiger partial charge in [0.2, 0.25) is 5.43 Å². The molecule has 0 saturated carbocycles. The average molecular weight is 588 g/mol. The standard InChI is InChI=1S/C25H38INO5Si/c1-15(2)32-20-12-19-16(11-18(20)26)22(28)17(23(29)30)13-27(19)21(24(3,4)5)14-31-33(9,10)25(6,7)8/h11-13,15,21H,14H2,1-10H3,(H,29,30). The molecule has 1 heterocycles. The molecule has 0 radical (unpaired) electrons. The van der Waals surface area contributed by atoms with Crippen molar-refractivity contribution in [3.05, 3.63) is 37.7 Å². The number of carbonyl (C=O) groups is 1. The molecule has 0 aliphatic carbocycles. The third-order valence-electron chi connectivity index (χ3n) is 6.42. The van der Waals surface area contributed by atoms with E-state index in [0.29, 0.717) is 23.3 Å². The number of halogens is 1. The molecule has 0 aliphatic rings. The first-order chi connectivity index (χ1) is 14.9. The molecule has 0 aliphatic heterocycles. The number of pyridine rings is 1. The molecule has 1 atom stereocenters. The highest BCUT2D eigenvalue weighted by Gasteiger charge is 2.39. The van der Waals surface area contributed by atoms with Crippen LogP contribution in [0.5, 0.6) is 5.75 Å². The number of aromatic carboxylic acids is 1. The Labute approximate surface area is 211 Å². The van der Waals surface area contributed by atoms with Gasteiger partial charge in [-0.05, 0) is 66.1 Å². The van der Waals surface area contributed by atoms with Gasteiger partial charge in [0.15, 0.2) is 8.32 Å². The summed E-state index contributed by atoms with van der Waals surface area (Å²) in [5, 5.41) is 10.2. The number of carboxylic acids is 1. The van der Waals surface area contributed by atoms with Crippen LogP contribution in [0, 0.1) is 8.99 Å². The maximum atomic E-state index is 13.1. The van der Waals surface area contributed by atoms with Crippen LogP contribution in [0.4, 0.5) is 0 Å². The fourth-order valence-electron chi connectivity index (χ4n) is 3.36. The number of hydrogen-bond donors (Lipinski definition) is 1. The van der Waals surface area contributed by atoms with Crippen LogP contribution >= 0.6 is 22.6 Å². The monoisotopic (exact) mass is 587 g/mol. The summed E-state index contributed by atoms with van der Waals surface area (Å²) >= 11 is 2.13. The van der Waals surface area contributed by atoms with E-state index in [-0.39, 0.29) is 28.2 Å². The van der Waals surface area contributed by atoms with Gasteiger partial charge in [0.25, 0.3) is 0 Å². The van der Waals surface area contributed by atoms with Crippen LogP contribution in [0.15, 0.2) is 23.1 Å². The van der Waals surface area contributed by atoms with Crippen molar-refractivity contribution in [2.45, 2.75) is 85.7 Å². The molecule has 0 bridgehead atoms. The number of aromatic nitrogens is 1. The molecule has 8 heteroatoms. The number of hydrogen-bond acceptors (Lipinski definition) is 4. The normalized spacial score (nSPS) is 14.1. The SMILES string of the molecule is CC(C)Oc1cc2c(cc1I)c(=O)c(C(=O)O)cn2C(CO[Si](C)(C)C(C)(C)C)C(C)(C)C. The number of nitrogens with zero attached hydrogens (tertiary/aromatic N) is 1. The smallest absolute Gasteiger partial charge is 0.341 e. The fraction of sp³-hybridized carbons (Fsp3) is 0.600. The number of ether oxygens (including phenoxy) is 1. The maximum absolute atomic E-state index is 13.1. The second-order valence-corrected chi connectivity index (χ2v) is 17.5. The first kappa shape index (κ1) is 27.8. The fourth-order valence-corrected chi connectivity index (χ4v) is 4.96. The first-order valence-corrected chi connectivity index (χ1v) is 15.3. The van der Waals surface area contributed by atoms with Crippen LogP contribution in [0.1, 0.15) is 71.8 Å². The van der Waals surface area contributed by atoms with E-state index in [0.717, 1.165) is 3.57 Å². The van der Waals surface area contributed by atoms with E-state index in [2.05, 4.69) is 77.2 Å². The number of rotatable bonds is 7. The van der Waals surface area contributed by atoms with Gasteiger partial charge in [-0.1, -0.05) is 41.5 Å². The van der Waals surface area contributed by atoms with Crippen molar-refractivity contribution in [3.8, 4) is 5.75 Å². The zero-order valence-electron chi connectivity index (χ0n) is 21.5. The second kappa shape index (κ2) is 9.69. The zero-order valence-corrected chi connectivity index (χ0v) is 24.7. The van der Waals surface area contributed by atoms with Crippen molar-refractivity contribution in [1.29, 1.82) is 0 Å². The van der Waals surface area contributed by atoms with E-state index in [1.54, 1.807) is 6.07 Å². The lowest BCUT2D eigenvalue weighted by molar-refractivity contribution is 0.0693. The minimum atomic E-state index is -2.05. The van der Waals surface area contributed by atoms with E-state index in [4.69, 9.17) is 9.16 Å². The summed E-state index contributed by atoms with van der Waals surface area (Å²) < 4.78 is 15.3. The molecule has 1 N–H and O–H groups in total. The van der Waals surface area contributed by atoms with Crippen LogP contribution in [-0.2, 0) is 4.43 Å². The molecule has 0 saturated heterocycles. The molecule has 6 nitrogen and oxygen atoms in total. The Kier molecular flexibility index (Phi) is 8.18. The average Bonchev–Trinajstić information content (AvgIpc) is 2.62. The third kappa shape index (κ3) is 6.19. The molecule has 1 unspecified atom stereocenters. The van der Waals surface area contributed by atoms with Gasteiger partial charge in [0, 0.05) is 17.6 Å². The van der Waals surface area contributed by atoms with Crippen LogP contribution in [0.3, 0.4) is 0 Å². The third-order valence-corrected chi connectivity index (χ3v) is 11.8. The summed E-state index contributed by atoms with van der Waals surface area (Å²) in [7, 11) is -2.05. The molecular formula is C25H38INO5Si. The number of carboxylic acid groups (broad SMARTS) is 1. The highest BCUT2D eigenvalue weighted by Crippen LogP contribution is 2.40. The van der Waals surface area contributed by atoms with Crippen molar-refractivity contribution in [2.24, 2.45) is 5.41 Å². The van der Waals surface area contributed by atoms with Gasteiger partial charge in [0.1, 0.15) is 11.3 Å². The molecule has 2 aromatic rings. The lowest BCUT2D eigenvalue weighted by atomic mass is 9.86. The Bertz CT molecular complexity index is 1090. The van der Waals surface area contributed by atoms with E-state index < -0.39 is 19.7 Å². The highest BCUT2D eigenvalue weighted by molar-refractivity contribution is 14.1. The van der Waals surface area contributed by atoms with Crippen molar-refractivity contribution in [2.75, 3.05) is 6.61 Å². The van der Waals surface area contributed by atoms with Crippen LogP contribution in [-0.4, -0.2) is 36.7 Å². The summed E-state index contributed by atoms with van der Waals surface area (Å²) in [5.74, 6) is -0.557. The van der Waals surface area contributed by atoms with Gasteiger partial charge in [-0.2, -0.15) is 0 Å². The lowest BCUT2D eigenvalue weighted by Crippen LogP contribution is -2.43. The topological polar surface area (TPSA) is 77.8 Å². The van der Waals surface area contributed by atoms with Gasteiger partial charge >= 0.3 is 5.97 Å². The van der Waals surface area contributed by atoms with Gasteiger partial charge in [-0.15, -0.1) is 0 Å². The molecule has 2 rings (SSSR count). The van der Waals surface area contributed by atoms with Gasteiger partial charge < -0.3 is 18.8 Å². The lowest BCUT2D eigenvalue weighted by Gasteiger charge is -2.40. The molecule has 0 amide bonds. The van der Waals surface area contributed by atoms with E-state index in [9.17, 15) is 14.7 Å². The molecule has 184 valence electrons. The van der Waals surface area contributed by atoms with E-state index in [1.807, 2.05) is 24.5 Å². The van der Waals surface area contributed by atoms with Crippen LogP contribution < -0.4 is 10.2 Å². The Balaban J connectivity index is 2.81. The van der Waals surface area contributed by atoms with Crippen molar-refractivity contribution < 1.29 is 19.1 Å². The highest BCUT2D eigenvalue weighted by atomic mass is 127. The zero-order chi connectivity index (χ0) is 25.5.